The highest BCUT2D eigenvalue weighted by molar-refractivity contribution is 7.13. The number of anilines is 1. The van der Waals surface area contributed by atoms with E-state index in [1.165, 1.54) is 11.3 Å². The van der Waals surface area contributed by atoms with Crippen molar-refractivity contribution in [2.45, 2.75) is 39.7 Å². The minimum atomic E-state index is -0.820. The number of aromatic nitrogens is 3. The minimum Gasteiger partial charge on any atom is -0.491 e. The van der Waals surface area contributed by atoms with Crippen molar-refractivity contribution in [1.29, 1.82) is 0 Å². The number of hydrogen-bond donors (Lipinski definition) is 1. The third kappa shape index (κ3) is 4.49. The quantitative estimate of drug-likeness (QED) is 0.345. The molecular formula is C27H26N4O3S. The van der Waals surface area contributed by atoms with Crippen molar-refractivity contribution < 1.29 is 14.3 Å². The molecule has 2 aromatic carbocycles. The molecule has 4 aromatic rings. The van der Waals surface area contributed by atoms with Crippen LogP contribution in [0.5, 0.6) is 17.4 Å². The summed E-state index contributed by atoms with van der Waals surface area (Å²) in [4.78, 5) is 18.3. The maximum absolute atomic E-state index is 13.4. The summed E-state index contributed by atoms with van der Waals surface area (Å²) in [7, 11) is 0. The average molecular weight is 487 g/mol. The number of nitrogens with one attached hydrogen (secondary N) is 1. The fraction of sp³-hybridized carbons (Fsp3) is 0.259. The van der Waals surface area contributed by atoms with E-state index in [-0.39, 0.29) is 17.9 Å². The third-order valence-electron chi connectivity index (χ3n) is 6.05. The number of pyridine rings is 1. The molecule has 0 saturated heterocycles. The lowest BCUT2D eigenvalue weighted by Crippen LogP contribution is -2.38. The van der Waals surface area contributed by atoms with Crippen LogP contribution >= 0.6 is 11.3 Å². The highest BCUT2D eigenvalue weighted by Crippen LogP contribution is 2.52. The first-order valence-corrected chi connectivity index (χ1v) is 12.3. The van der Waals surface area contributed by atoms with E-state index in [4.69, 9.17) is 14.5 Å². The molecule has 1 N–H and O–H groups in total. The maximum Gasteiger partial charge on any atom is 0.232 e. The zero-order chi connectivity index (χ0) is 24.6. The molecule has 1 aliphatic heterocycles. The van der Waals surface area contributed by atoms with E-state index in [9.17, 15) is 4.79 Å². The monoisotopic (exact) mass is 486 g/mol. The van der Waals surface area contributed by atoms with E-state index in [0.29, 0.717) is 16.8 Å². The smallest absolute Gasteiger partial charge is 0.232 e. The summed E-state index contributed by atoms with van der Waals surface area (Å²) in [5.74, 6) is 1.61. The van der Waals surface area contributed by atoms with E-state index >= 15 is 0 Å². The zero-order valence-electron chi connectivity index (χ0n) is 20.0. The number of benzene rings is 2. The Bertz CT molecular complexity index is 1350. The Morgan fingerprint density at radius 3 is 2.54 bits per heavy atom. The Kier molecular flexibility index (Phi) is 5.98. The van der Waals surface area contributed by atoms with Gasteiger partial charge >= 0.3 is 0 Å². The van der Waals surface area contributed by atoms with Crippen LogP contribution in [0, 0.1) is 5.41 Å². The number of amides is 1. The SMILES string of the molecule is CC(C)Oc1ccc(-c2ccc3c(n2)Oc2ccccc2[C@@H]3C(C)(C)C(=O)Nc2nncs2)cc1. The molecule has 35 heavy (non-hydrogen) atoms. The molecular weight excluding hydrogens is 460 g/mol. The number of hydrogen-bond acceptors (Lipinski definition) is 7. The van der Waals surface area contributed by atoms with Gasteiger partial charge < -0.3 is 14.8 Å². The summed E-state index contributed by atoms with van der Waals surface area (Å²) in [5, 5.41) is 11.2. The van der Waals surface area contributed by atoms with E-state index < -0.39 is 5.41 Å². The fourth-order valence-electron chi connectivity index (χ4n) is 4.37. The summed E-state index contributed by atoms with van der Waals surface area (Å²) in [5.41, 5.74) is 4.32. The van der Waals surface area contributed by atoms with Crippen molar-refractivity contribution >= 4 is 22.4 Å². The van der Waals surface area contributed by atoms with Crippen molar-refractivity contribution in [3.05, 3.63) is 77.3 Å². The van der Waals surface area contributed by atoms with Gasteiger partial charge in [0.25, 0.3) is 0 Å². The Labute approximate surface area is 208 Å². The van der Waals surface area contributed by atoms with E-state index in [2.05, 4.69) is 15.5 Å². The molecule has 0 saturated carbocycles. The molecule has 0 unspecified atom stereocenters. The van der Waals surface area contributed by atoms with Crippen LogP contribution in [-0.4, -0.2) is 27.2 Å². The molecule has 1 aliphatic rings. The van der Waals surface area contributed by atoms with Gasteiger partial charge in [-0.2, -0.15) is 0 Å². The van der Waals surface area contributed by atoms with Crippen LogP contribution in [0.3, 0.4) is 0 Å². The first kappa shape index (κ1) is 23.0. The van der Waals surface area contributed by atoms with E-state index in [0.717, 1.165) is 28.1 Å². The molecule has 5 rings (SSSR count). The predicted molar refractivity (Wildman–Crippen MR) is 136 cm³/mol. The standard InChI is InChI=1S/C27H26N4O3S/c1-16(2)33-18-11-9-17(10-12-18)21-14-13-20-23(19-7-5-6-8-22(19)34-24(20)29-21)27(3,4)25(32)30-26-31-28-15-35-26/h5-16,23H,1-4H3,(H,30,31,32)/t23-/m0/s1. The van der Waals surface area contributed by atoms with Gasteiger partial charge in [0.15, 0.2) is 0 Å². The van der Waals surface area contributed by atoms with Gasteiger partial charge in [0.05, 0.1) is 17.2 Å². The van der Waals surface area contributed by atoms with Crippen molar-refractivity contribution in [2.75, 3.05) is 5.32 Å². The lowest BCUT2D eigenvalue weighted by molar-refractivity contribution is -0.124. The van der Waals surface area contributed by atoms with Crippen molar-refractivity contribution in [1.82, 2.24) is 15.2 Å². The number of carbonyl (C=O) groups is 1. The molecule has 178 valence electrons. The normalized spacial score (nSPS) is 14.6. The molecule has 3 heterocycles. The van der Waals surface area contributed by atoms with Gasteiger partial charge in [0.1, 0.15) is 17.0 Å². The average Bonchev–Trinajstić information content (AvgIpc) is 3.35. The van der Waals surface area contributed by atoms with Gasteiger partial charge in [0.2, 0.25) is 16.9 Å². The zero-order valence-corrected chi connectivity index (χ0v) is 20.8. The number of ether oxygens (including phenoxy) is 2. The van der Waals surface area contributed by atoms with Gasteiger partial charge in [-0.3, -0.25) is 4.79 Å². The second-order valence-corrected chi connectivity index (χ2v) is 10.1. The summed E-state index contributed by atoms with van der Waals surface area (Å²) in [6.07, 6.45) is 0.112. The third-order valence-corrected chi connectivity index (χ3v) is 6.65. The minimum absolute atomic E-state index is 0.112. The highest BCUT2D eigenvalue weighted by Gasteiger charge is 2.44. The molecule has 0 spiro atoms. The van der Waals surface area contributed by atoms with Crippen LogP contribution in [0.4, 0.5) is 5.13 Å². The van der Waals surface area contributed by atoms with Gasteiger partial charge in [-0.05, 0) is 50.2 Å². The molecule has 0 radical (unpaired) electrons. The lowest BCUT2D eigenvalue weighted by Gasteiger charge is -2.37. The molecule has 1 amide bonds. The number of fused-ring (bicyclic) bond motifs is 2. The van der Waals surface area contributed by atoms with Crippen molar-refractivity contribution in [3.8, 4) is 28.6 Å². The molecule has 8 heteroatoms. The van der Waals surface area contributed by atoms with Gasteiger partial charge in [0, 0.05) is 22.6 Å². The van der Waals surface area contributed by atoms with E-state index in [1.807, 2.05) is 88.4 Å². The van der Waals surface area contributed by atoms with Crippen LogP contribution in [0.15, 0.2) is 66.2 Å². The second-order valence-electron chi connectivity index (χ2n) is 9.27. The summed E-state index contributed by atoms with van der Waals surface area (Å²) in [6.45, 7) is 7.86. The molecule has 7 nitrogen and oxygen atoms in total. The van der Waals surface area contributed by atoms with Gasteiger partial charge in [-0.25, -0.2) is 4.98 Å². The number of para-hydroxylation sites is 1. The fourth-order valence-corrected chi connectivity index (χ4v) is 4.81. The van der Waals surface area contributed by atoms with Gasteiger partial charge in [-0.1, -0.05) is 49.4 Å². The molecule has 0 bridgehead atoms. The van der Waals surface area contributed by atoms with Crippen LogP contribution in [0.2, 0.25) is 0 Å². The van der Waals surface area contributed by atoms with Crippen molar-refractivity contribution in [3.63, 3.8) is 0 Å². The van der Waals surface area contributed by atoms with Crippen LogP contribution < -0.4 is 14.8 Å². The number of nitrogens with zero attached hydrogens (tertiary/aromatic N) is 3. The number of rotatable bonds is 6. The Hall–Kier alpha value is -3.78. The molecule has 0 aliphatic carbocycles. The molecule has 2 aromatic heterocycles. The summed E-state index contributed by atoms with van der Waals surface area (Å²) >= 11 is 1.29. The molecule has 1 atom stereocenters. The Balaban J connectivity index is 1.52. The van der Waals surface area contributed by atoms with Crippen LogP contribution in [0.1, 0.15) is 44.7 Å². The number of carbonyl (C=O) groups excluding carboxylic acids is 1. The second kappa shape index (κ2) is 9.11. The maximum atomic E-state index is 13.4. The van der Waals surface area contributed by atoms with E-state index in [1.54, 1.807) is 5.51 Å². The topological polar surface area (TPSA) is 86.2 Å². The first-order chi connectivity index (χ1) is 16.8. The van der Waals surface area contributed by atoms with Crippen LogP contribution in [0.25, 0.3) is 11.3 Å². The van der Waals surface area contributed by atoms with Crippen LogP contribution in [-0.2, 0) is 4.79 Å². The largest absolute Gasteiger partial charge is 0.491 e. The first-order valence-electron chi connectivity index (χ1n) is 11.5. The predicted octanol–water partition coefficient (Wildman–Crippen LogP) is 6.29. The summed E-state index contributed by atoms with van der Waals surface area (Å²) < 4.78 is 12.0. The Morgan fingerprint density at radius 1 is 1.06 bits per heavy atom. The Morgan fingerprint density at radius 2 is 1.83 bits per heavy atom. The van der Waals surface area contributed by atoms with Gasteiger partial charge in [-0.15, -0.1) is 10.2 Å². The summed E-state index contributed by atoms with van der Waals surface area (Å²) in [6, 6.07) is 19.6. The van der Waals surface area contributed by atoms with Crippen molar-refractivity contribution in [2.24, 2.45) is 5.41 Å². The highest BCUT2D eigenvalue weighted by atomic mass is 32.1. The molecule has 0 fully saturated rings. The lowest BCUT2D eigenvalue weighted by atomic mass is 9.69.